The van der Waals surface area contributed by atoms with Gasteiger partial charge in [0.2, 0.25) is 0 Å². The van der Waals surface area contributed by atoms with Crippen molar-refractivity contribution in [3.8, 4) is 22.8 Å². The fraction of sp³-hybridized carbons (Fsp3) is 0.174. The second-order valence-electron chi connectivity index (χ2n) is 6.52. The third-order valence-corrected chi connectivity index (χ3v) is 4.62. The number of nitrogens with one attached hydrogen (secondary N) is 1. The number of methoxy groups -OCH3 is 2. The summed E-state index contributed by atoms with van der Waals surface area (Å²) in [6, 6.07) is 18.0. The standard InChI is InChI=1S/C23H22N2O3/c1-26-20-7-5-18(6-8-20)21-12-19-10-17(11-22(27-2)23(19)28-21)15-25-14-16-4-3-9-24-13-16/h3-13,25H,14-15H2,1-2H3. The van der Waals surface area contributed by atoms with Gasteiger partial charge in [-0.25, -0.2) is 0 Å². The zero-order valence-corrected chi connectivity index (χ0v) is 15.9. The van der Waals surface area contributed by atoms with Gasteiger partial charge in [0, 0.05) is 36.4 Å². The normalized spacial score (nSPS) is 10.9. The highest BCUT2D eigenvalue weighted by atomic mass is 16.5. The molecule has 0 amide bonds. The fourth-order valence-electron chi connectivity index (χ4n) is 3.19. The van der Waals surface area contributed by atoms with E-state index in [-0.39, 0.29) is 0 Å². The van der Waals surface area contributed by atoms with E-state index in [4.69, 9.17) is 13.9 Å². The maximum atomic E-state index is 6.08. The molecule has 0 aliphatic heterocycles. The van der Waals surface area contributed by atoms with Gasteiger partial charge in [-0.05, 0) is 59.7 Å². The average molecular weight is 374 g/mol. The lowest BCUT2D eigenvalue weighted by molar-refractivity contribution is 0.410. The zero-order valence-electron chi connectivity index (χ0n) is 15.9. The summed E-state index contributed by atoms with van der Waals surface area (Å²) in [5.74, 6) is 2.35. The summed E-state index contributed by atoms with van der Waals surface area (Å²) in [5.41, 5.74) is 4.04. The molecule has 0 fully saturated rings. The van der Waals surface area contributed by atoms with Gasteiger partial charge in [-0.2, -0.15) is 0 Å². The molecule has 142 valence electrons. The SMILES string of the molecule is COc1ccc(-c2cc3cc(CNCc4cccnc4)cc(OC)c3o2)cc1. The van der Waals surface area contributed by atoms with E-state index in [1.807, 2.05) is 48.7 Å². The van der Waals surface area contributed by atoms with Gasteiger partial charge in [0.15, 0.2) is 11.3 Å². The molecule has 28 heavy (non-hydrogen) atoms. The first-order valence-corrected chi connectivity index (χ1v) is 9.11. The number of furan rings is 1. The Bertz CT molecular complexity index is 1060. The number of nitrogens with zero attached hydrogens (tertiary/aromatic N) is 1. The minimum absolute atomic E-state index is 0.726. The van der Waals surface area contributed by atoms with Crippen LogP contribution in [0.4, 0.5) is 0 Å². The Kier molecular flexibility index (Phi) is 5.26. The van der Waals surface area contributed by atoms with E-state index >= 15 is 0 Å². The smallest absolute Gasteiger partial charge is 0.176 e. The lowest BCUT2D eigenvalue weighted by Crippen LogP contribution is -2.12. The molecule has 0 atom stereocenters. The predicted octanol–water partition coefficient (Wildman–Crippen LogP) is 4.80. The van der Waals surface area contributed by atoms with Crippen molar-refractivity contribution in [2.45, 2.75) is 13.1 Å². The van der Waals surface area contributed by atoms with Gasteiger partial charge < -0.3 is 19.2 Å². The highest BCUT2D eigenvalue weighted by Crippen LogP contribution is 2.35. The Morgan fingerprint density at radius 1 is 0.929 bits per heavy atom. The molecule has 2 heterocycles. The van der Waals surface area contributed by atoms with Gasteiger partial charge in [0.05, 0.1) is 14.2 Å². The predicted molar refractivity (Wildman–Crippen MR) is 110 cm³/mol. The average Bonchev–Trinajstić information content (AvgIpc) is 3.18. The van der Waals surface area contributed by atoms with E-state index in [2.05, 4.69) is 22.4 Å². The zero-order chi connectivity index (χ0) is 19.3. The molecule has 0 aliphatic rings. The van der Waals surface area contributed by atoms with Crippen LogP contribution in [0, 0.1) is 0 Å². The van der Waals surface area contributed by atoms with Gasteiger partial charge in [-0.3, -0.25) is 4.98 Å². The van der Waals surface area contributed by atoms with Crippen LogP contribution in [0.1, 0.15) is 11.1 Å². The first kappa shape index (κ1) is 18.1. The first-order valence-electron chi connectivity index (χ1n) is 9.11. The Morgan fingerprint density at radius 2 is 1.75 bits per heavy atom. The molecule has 1 N–H and O–H groups in total. The summed E-state index contributed by atoms with van der Waals surface area (Å²) in [6.07, 6.45) is 3.65. The largest absolute Gasteiger partial charge is 0.497 e. The van der Waals surface area contributed by atoms with Gasteiger partial charge in [0.25, 0.3) is 0 Å². The van der Waals surface area contributed by atoms with Crippen LogP contribution in [0.3, 0.4) is 0 Å². The number of benzene rings is 2. The van der Waals surface area contributed by atoms with Crippen molar-refractivity contribution in [2.75, 3.05) is 14.2 Å². The number of ether oxygens (including phenoxy) is 2. The van der Waals surface area contributed by atoms with Gasteiger partial charge in [0.1, 0.15) is 11.5 Å². The molecule has 5 nitrogen and oxygen atoms in total. The molecular weight excluding hydrogens is 352 g/mol. The molecule has 0 bridgehead atoms. The van der Waals surface area contributed by atoms with E-state index in [1.54, 1.807) is 20.4 Å². The number of aromatic nitrogens is 1. The van der Waals surface area contributed by atoms with Gasteiger partial charge in [-0.15, -0.1) is 0 Å². The van der Waals surface area contributed by atoms with Crippen LogP contribution < -0.4 is 14.8 Å². The van der Waals surface area contributed by atoms with Crippen LogP contribution in [-0.4, -0.2) is 19.2 Å². The third kappa shape index (κ3) is 3.85. The maximum Gasteiger partial charge on any atom is 0.176 e. The maximum absolute atomic E-state index is 6.08. The van der Waals surface area contributed by atoms with Gasteiger partial charge >= 0.3 is 0 Å². The summed E-state index contributed by atoms with van der Waals surface area (Å²) in [5, 5.41) is 4.46. The summed E-state index contributed by atoms with van der Waals surface area (Å²) < 4.78 is 16.9. The molecule has 0 saturated carbocycles. The topological polar surface area (TPSA) is 56.5 Å². The molecule has 0 spiro atoms. The van der Waals surface area contributed by atoms with Crippen molar-refractivity contribution in [1.29, 1.82) is 0 Å². The van der Waals surface area contributed by atoms with Crippen molar-refractivity contribution < 1.29 is 13.9 Å². The number of hydrogen-bond acceptors (Lipinski definition) is 5. The Labute approximate surface area is 163 Å². The van der Waals surface area contributed by atoms with E-state index < -0.39 is 0 Å². The summed E-state index contributed by atoms with van der Waals surface area (Å²) in [4.78, 5) is 4.14. The summed E-state index contributed by atoms with van der Waals surface area (Å²) >= 11 is 0. The lowest BCUT2D eigenvalue weighted by Gasteiger charge is -2.07. The van der Waals surface area contributed by atoms with Crippen molar-refractivity contribution in [3.05, 3.63) is 78.1 Å². The third-order valence-electron chi connectivity index (χ3n) is 4.62. The Morgan fingerprint density at radius 3 is 2.46 bits per heavy atom. The van der Waals surface area contributed by atoms with Crippen molar-refractivity contribution in [3.63, 3.8) is 0 Å². The van der Waals surface area contributed by atoms with Gasteiger partial charge in [-0.1, -0.05) is 6.07 Å². The van der Waals surface area contributed by atoms with Crippen molar-refractivity contribution in [2.24, 2.45) is 0 Å². The molecule has 0 aliphatic carbocycles. The van der Waals surface area contributed by atoms with E-state index in [0.29, 0.717) is 0 Å². The fourth-order valence-corrected chi connectivity index (χ4v) is 3.19. The molecular formula is C23H22N2O3. The van der Waals surface area contributed by atoms with Crippen molar-refractivity contribution in [1.82, 2.24) is 10.3 Å². The number of hydrogen-bond donors (Lipinski definition) is 1. The molecule has 0 radical (unpaired) electrons. The molecule has 2 aromatic carbocycles. The molecule has 4 aromatic rings. The van der Waals surface area contributed by atoms with E-state index in [0.717, 1.165) is 58.0 Å². The van der Waals surface area contributed by atoms with Crippen LogP contribution >= 0.6 is 0 Å². The van der Waals surface area contributed by atoms with E-state index in [1.165, 1.54) is 0 Å². The summed E-state index contributed by atoms with van der Waals surface area (Å²) in [6.45, 7) is 1.49. The highest BCUT2D eigenvalue weighted by molar-refractivity contribution is 5.88. The Hall–Kier alpha value is -3.31. The number of rotatable bonds is 7. The number of pyridine rings is 1. The molecule has 4 rings (SSSR count). The highest BCUT2D eigenvalue weighted by Gasteiger charge is 2.12. The quantitative estimate of drug-likeness (QED) is 0.503. The molecule has 2 aromatic heterocycles. The minimum atomic E-state index is 0.726. The van der Waals surface area contributed by atoms with Crippen LogP contribution in [0.2, 0.25) is 0 Å². The first-order chi connectivity index (χ1) is 13.8. The molecule has 0 saturated heterocycles. The Balaban J connectivity index is 1.57. The van der Waals surface area contributed by atoms with Crippen LogP contribution in [-0.2, 0) is 13.1 Å². The molecule has 0 unspecified atom stereocenters. The second kappa shape index (κ2) is 8.15. The number of fused-ring (bicyclic) bond motifs is 1. The monoisotopic (exact) mass is 374 g/mol. The molecule has 5 heteroatoms. The second-order valence-corrected chi connectivity index (χ2v) is 6.52. The lowest BCUT2D eigenvalue weighted by atomic mass is 10.1. The summed E-state index contributed by atoms with van der Waals surface area (Å²) in [7, 11) is 3.32. The van der Waals surface area contributed by atoms with Crippen LogP contribution in [0.5, 0.6) is 11.5 Å². The van der Waals surface area contributed by atoms with Crippen molar-refractivity contribution >= 4 is 11.0 Å². The van der Waals surface area contributed by atoms with Crippen LogP contribution in [0.25, 0.3) is 22.3 Å². The minimum Gasteiger partial charge on any atom is -0.497 e. The van der Waals surface area contributed by atoms with Crippen LogP contribution in [0.15, 0.2) is 71.4 Å². The van der Waals surface area contributed by atoms with E-state index in [9.17, 15) is 0 Å².